The number of rotatable bonds is 33. The first-order chi connectivity index (χ1) is 20.1. The summed E-state index contributed by atoms with van der Waals surface area (Å²) in [6, 6.07) is 0. The van der Waals surface area contributed by atoms with Crippen molar-refractivity contribution in [2.75, 3.05) is 0 Å². The largest absolute Gasteiger partial charge is 0.300 e. The minimum atomic E-state index is -0.345. The fourth-order valence-electron chi connectivity index (χ4n) is 5.46. The number of unbranched alkanes of at least 4 members (excludes halogenated alkanes) is 22. The molecule has 0 aromatic carbocycles. The third-order valence-corrected chi connectivity index (χ3v) is 8.33. The van der Waals surface area contributed by atoms with Crippen molar-refractivity contribution in [3.05, 3.63) is 31.2 Å². The Balaban J connectivity index is 3.49. The number of carbonyl (C=O) groups is 2. The van der Waals surface area contributed by atoms with Crippen LogP contribution in [-0.4, -0.2) is 11.6 Å². The van der Waals surface area contributed by atoms with Gasteiger partial charge >= 0.3 is 0 Å². The zero-order chi connectivity index (χ0) is 30.1. The molecule has 41 heavy (non-hydrogen) atoms. The quantitative estimate of drug-likeness (QED) is 0.0580. The molecule has 0 bridgehead atoms. The van der Waals surface area contributed by atoms with Crippen LogP contribution >= 0.6 is 0 Å². The SMILES string of the molecule is [CH2]C(CC(=O)CCCCCCC/C=C\CCCCCCCC)C(=O)CCCCCCC/C=C\CCCCCCCC. The number of hydrogen-bond donors (Lipinski definition) is 0. The average Bonchev–Trinajstić information content (AvgIpc) is 2.96. The summed E-state index contributed by atoms with van der Waals surface area (Å²) in [5, 5.41) is 0. The molecule has 0 rings (SSSR count). The second-order valence-corrected chi connectivity index (χ2v) is 12.6. The minimum absolute atomic E-state index is 0.181. The first-order valence-electron chi connectivity index (χ1n) is 18.3. The standard InChI is InChI=1S/C39H71O2/c1-4-6-8-10-12-14-16-18-20-22-24-26-28-30-32-34-38(40)36-37(3)39(41)35-33-31-29-27-25-23-21-19-17-15-13-11-9-7-5-2/h18-21,37H,3-17,22-36H2,1-2H3/b20-18-,21-19-. The zero-order valence-corrected chi connectivity index (χ0v) is 27.9. The van der Waals surface area contributed by atoms with E-state index < -0.39 is 0 Å². The molecule has 0 N–H and O–H groups in total. The van der Waals surface area contributed by atoms with E-state index in [4.69, 9.17) is 0 Å². The van der Waals surface area contributed by atoms with E-state index in [9.17, 15) is 9.59 Å². The van der Waals surface area contributed by atoms with Crippen molar-refractivity contribution in [3.63, 3.8) is 0 Å². The monoisotopic (exact) mass is 572 g/mol. The van der Waals surface area contributed by atoms with Gasteiger partial charge in [0.2, 0.25) is 0 Å². The van der Waals surface area contributed by atoms with E-state index in [1.807, 2.05) is 0 Å². The normalized spacial score (nSPS) is 12.6. The maximum Gasteiger partial charge on any atom is 0.136 e. The molecular weight excluding hydrogens is 500 g/mol. The first-order valence-corrected chi connectivity index (χ1v) is 18.3. The van der Waals surface area contributed by atoms with Gasteiger partial charge in [0.25, 0.3) is 0 Å². The molecule has 0 aliphatic heterocycles. The van der Waals surface area contributed by atoms with E-state index in [0.29, 0.717) is 19.3 Å². The van der Waals surface area contributed by atoms with E-state index in [-0.39, 0.29) is 17.5 Å². The Hall–Kier alpha value is -1.18. The topological polar surface area (TPSA) is 34.1 Å². The van der Waals surface area contributed by atoms with Crippen LogP contribution in [0.3, 0.4) is 0 Å². The maximum absolute atomic E-state index is 12.4. The Morgan fingerprint density at radius 2 is 0.780 bits per heavy atom. The molecule has 239 valence electrons. The molecule has 2 heteroatoms. The smallest absolute Gasteiger partial charge is 0.136 e. The van der Waals surface area contributed by atoms with Crippen LogP contribution in [0.15, 0.2) is 24.3 Å². The van der Waals surface area contributed by atoms with Crippen LogP contribution < -0.4 is 0 Å². The first kappa shape index (κ1) is 39.8. The lowest BCUT2D eigenvalue weighted by Crippen LogP contribution is -2.15. The summed E-state index contributed by atoms with van der Waals surface area (Å²) in [6.07, 6.45) is 43.9. The second kappa shape index (κ2) is 33.3. The van der Waals surface area contributed by atoms with Crippen molar-refractivity contribution in [1.82, 2.24) is 0 Å². The van der Waals surface area contributed by atoms with Gasteiger partial charge in [-0.1, -0.05) is 141 Å². The van der Waals surface area contributed by atoms with Crippen LogP contribution in [0.4, 0.5) is 0 Å². The summed E-state index contributed by atoms with van der Waals surface area (Å²) in [5.74, 6) is 0.0588. The van der Waals surface area contributed by atoms with Gasteiger partial charge in [-0.15, -0.1) is 0 Å². The molecule has 0 spiro atoms. The minimum Gasteiger partial charge on any atom is -0.300 e. The Morgan fingerprint density at radius 3 is 1.17 bits per heavy atom. The van der Waals surface area contributed by atoms with Crippen LogP contribution in [0, 0.1) is 12.8 Å². The van der Waals surface area contributed by atoms with Crippen LogP contribution in [0.2, 0.25) is 0 Å². The van der Waals surface area contributed by atoms with Gasteiger partial charge in [-0.25, -0.2) is 0 Å². The van der Waals surface area contributed by atoms with Gasteiger partial charge in [0.15, 0.2) is 0 Å². The molecule has 0 aromatic heterocycles. The molecule has 1 unspecified atom stereocenters. The average molecular weight is 572 g/mol. The van der Waals surface area contributed by atoms with Crippen LogP contribution in [0.1, 0.15) is 200 Å². The number of ketones is 2. The Bertz CT molecular complexity index is 617. The van der Waals surface area contributed by atoms with Crippen molar-refractivity contribution in [1.29, 1.82) is 0 Å². The van der Waals surface area contributed by atoms with Gasteiger partial charge < -0.3 is 0 Å². The predicted molar refractivity (Wildman–Crippen MR) is 182 cm³/mol. The Kier molecular flexibility index (Phi) is 32.4. The molecule has 0 saturated heterocycles. The Labute approximate surface area is 258 Å². The van der Waals surface area contributed by atoms with E-state index in [1.54, 1.807) is 0 Å². The van der Waals surface area contributed by atoms with E-state index in [0.717, 1.165) is 25.7 Å². The lowest BCUT2D eigenvalue weighted by Gasteiger charge is -2.09. The molecule has 0 saturated carbocycles. The summed E-state index contributed by atoms with van der Waals surface area (Å²) >= 11 is 0. The lowest BCUT2D eigenvalue weighted by atomic mass is 9.94. The van der Waals surface area contributed by atoms with Crippen LogP contribution in [-0.2, 0) is 9.59 Å². The Morgan fingerprint density at radius 1 is 0.463 bits per heavy atom. The van der Waals surface area contributed by atoms with Crippen molar-refractivity contribution in [3.8, 4) is 0 Å². The predicted octanol–water partition coefficient (Wildman–Crippen LogP) is 13.0. The maximum atomic E-state index is 12.4. The van der Waals surface area contributed by atoms with E-state index >= 15 is 0 Å². The zero-order valence-electron chi connectivity index (χ0n) is 27.9. The molecule has 0 heterocycles. The third-order valence-electron chi connectivity index (χ3n) is 8.33. The van der Waals surface area contributed by atoms with Crippen molar-refractivity contribution < 1.29 is 9.59 Å². The lowest BCUT2D eigenvalue weighted by molar-refractivity contribution is -0.126. The number of carbonyl (C=O) groups excluding carboxylic acids is 2. The molecule has 0 amide bonds. The van der Waals surface area contributed by atoms with Crippen molar-refractivity contribution >= 4 is 11.6 Å². The van der Waals surface area contributed by atoms with Gasteiger partial charge in [0.1, 0.15) is 11.6 Å². The summed E-state index contributed by atoms with van der Waals surface area (Å²) in [7, 11) is 0. The molecule has 1 atom stereocenters. The highest BCUT2D eigenvalue weighted by Gasteiger charge is 2.16. The van der Waals surface area contributed by atoms with Crippen molar-refractivity contribution in [2.45, 2.75) is 200 Å². The van der Waals surface area contributed by atoms with Crippen LogP contribution in [0.25, 0.3) is 0 Å². The molecular formula is C39H71O2. The van der Waals surface area contributed by atoms with E-state index in [2.05, 4.69) is 45.1 Å². The van der Waals surface area contributed by atoms with Gasteiger partial charge in [0, 0.05) is 25.2 Å². The summed E-state index contributed by atoms with van der Waals surface area (Å²) in [6.45, 7) is 8.54. The number of Topliss-reactive ketones (excluding diaryl/α,β-unsaturated/α-hetero) is 2. The highest BCUT2D eigenvalue weighted by molar-refractivity contribution is 5.88. The molecule has 0 aliphatic rings. The molecule has 1 radical (unpaired) electrons. The summed E-state index contributed by atoms with van der Waals surface area (Å²) < 4.78 is 0. The highest BCUT2D eigenvalue weighted by atomic mass is 16.1. The molecule has 2 nitrogen and oxygen atoms in total. The fraction of sp³-hybridized carbons (Fsp3) is 0.821. The summed E-state index contributed by atoms with van der Waals surface area (Å²) in [5.41, 5.74) is 0. The van der Waals surface area contributed by atoms with Gasteiger partial charge in [0.05, 0.1) is 0 Å². The summed E-state index contributed by atoms with van der Waals surface area (Å²) in [4.78, 5) is 24.7. The van der Waals surface area contributed by atoms with Crippen LogP contribution in [0.5, 0.6) is 0 Å². The molecule has 0 aromatic rings. The van der Waals surface area contributed by atoms with Gasteiger partial charge in [-0.2, -0.15) is 0 Å². The third kappa shape index (κ3) is 31.6. The van der Waals surface area contributed by atoms with Gasteiger partial charge in [-0.05, 0) is 71.1 Å². The molecule has 0 fully saturated rings. The number of allylic oxidation sites excluding steroid dienone is 4. The van der Waals surface area contributed by atoms with E-state index in [1.165, 1.54) is 141 Å². The highest BCUT2D eigenvalue weighted by Crippen LogP contribution is 2.16. The second-order valence-electron chi connectivity index (χ2n) is 12.6. The van der Waals surface area contributed by atoms with Crippen molar-refractivity contribution in [2.24, 2.45) is 5.92 Å². The fourth-order valence-corrected chi connectivity index (χ4v) is 5.46. The van der Waals surface area contributed by atoms with Gasteiger partial charge in [-0.3, -0.25) is 9.59 Å². The molecule has 0 aliphatic carbocycles. The number of hydrogen-bond acceptors (Lipinski definition) is 2.